The van der Waals surface area contributed by atoms with Crippen molar-refractivity contribution in [2.45, 2.75) is 38.4 Å². The second kappa shape index (κ2) is 7.57. The Labute approximate surface area is 172 Å². The van der Waals surface area contributed by atoms with Gasteiger partial charge < -0.3 is 4.90 Å². The fourth-order valence-electron chi connectivity index (χ4n) is 4.23. The second-order valence-electron chi connectivity index (χ2n) is 7.52. The molecule has 30 heavy (non-hydrogen) atoms. The molecule has 1 fully saturated rings. The van der Waals surface area contributed by atoms with Crippen LogP contribution in [-0.4, -0.2) is 41.0 Å². The minimum absolute atomic E-state index is 0.0195. The number of carbonyl (C=O) groups excluding carboxylic acids is 1. The molecule has 0 aliphatic carbocycles. The highest BCUT2D eigenvalue weighted by Gasteiger charge is 2.36. The summed E-state index contributed by atoms with van der Waals surface area (Å²) < 4.78 is 26.2. The van der Waals surface area contributed by atoms with Gasteiger partial charge in [-0.3, -0.25) is 14.2 Å². The van der Waals surface area contributed by atoms with Crippen LogP contribution in [0.2, 0.25) is 0 Å². The largest absolute Gasteiger partial charge is 0.331 e. The molecule has 0 N–H and O–H groups in total. The van der Waals surface area contributed by atoms with Gasteiger partial charge in [0, 0.05) is 17.9 Å². The van der Waals surface area contributed by atoms with Crippen LogP contribution in [0.5, 0.6) is 0 Å². The molecule has 156 valence electrons. The maximum atomic E-state index is 13.3. The van der Waals surface area contributed by atoms with E-state index in [1.54, 1.807) is 30.3 Å². The van der Waals surface area contributed by atoms with Crippen LogP contribution < -0.4 is 16.1 Å². The minimum atomic E-state index is -3.26. The molecular weight excluding hydrogens is 408 g/mol. The maximum Gasteiger partial charge on any atom is 0.331 e. The Morgan fingerprint density at radius 3 is 2.60 bits per heavy atom. The Balaban J connectivity index is 1.75. The number of nitrogens with zero attached hydrogens (tertiary/aromatic N) is 4. The number of sulfone groups is 1. The molecule has 1 aromatic heterocycles. The number of fused-ring (bicyclic) bond motifs is 1. The average molecular weight is 428 g/mol. The van der Waals surface area contributed by atoms with Gasteiger partial charge in [-0.05, 0) is 31.4 Å². The summed E-state index contributed by atoms with van der Waals surface area (Å²) >= 11 is 0. The number of rotatable bonds is 4. The molecule has 1 amide bonds. The second-order valence-corrected chi connectivity index (χ2v) is 9.75. The zero-order valence-corrected chi connectivity index (χ0v) is 17.0. The van der Waals surface area contributed by atoms with Gasteiger partial charge in [0.15, 0.2) is 9.84 Å². The van der Waals surface area contributed by atoms with Gasteiger partial charge in [-0.15, -0.1) is 0 Å². The third-order valence-electron chi connectivity index (χ3n) is 5.61. The van der Waals surface area contributed by atoms with Gasteiger partial charge in [0.05, 0.1) is 17.5 Å². The first-order chi connectivity index (χ1) is 14.3. The molecule has 2 aromatic rings. The number of anilines is 1. The van der Waals surface area contributed by atoms with E-state index in [9.17, 15) is 28.1 Å². The Hall–Kier alpha value is -3.19. The van der Waals surface area contributed by atoms with Gasteiger partial charge in [0.1, 0.15) is 18.2 Å². The SMILES string of the molecule is N#Cc1c2n(c(=O)n(CC(=O)N(c3ccccc3)C3CCS(=O)(=O)C3)c1=O)CCC2. The predicted octanol–water partition coefficient (Wildman–Crippen LogP) is 0.0482. The van der Waals surface area contributed by atoms with Gasteiger partial charge in [0.2, 0.25) is 5.91 Å². The van der Waals surface area contributed by atoms with E-state index in [1.807, 2.05) is 6.07 Å². The summed E-state index contributed by atoms with van der Waals surface area (Å²) in [7, 11) is -3.26. The van der Waals surface area contributed by atoms with Crippen LogP contribution >= 0.6 is 0 Å². The van der Waals surface area contributed by atoms with Crippen LogP contribution in [0.25, 0.3) is 0 Å². The van der Waals surface area contributed by atoms with Crippen LogP contribution in [0.3, 0.4) is 0 Å². The van der Waals surface area contributed by atoms with Crippen molar-refractivity contribution < 1.29 is 13.2 Å². The molecular formula is C20H20N4O5S. The molecule has 2 aliphatic heterocycles. The average Bonchev–Trinajstić information content (AvgIpc) is 3.33. The number of benzene rings is 1. The summed E-state index contributed by atoms with van der Waals surface area (Å²) in [6.07, 6.45) is 1.40. The number of hydrogen-bond acceptors (Lipinski definition) is 6. The van der Waals surface area contributed by atoms with Crippen LogP contribution in [0, 0.1) is 11.3 Å². The molecule has 1 unspecified atom stereocenters. The molecule has 0 spiro atoms. The van der Waals surface area contributed by atoms with Crippen molar-refractivity contribution in [1.29, 1.82) is 5.26 Å². The normalized spacial score (nSPS) is 19.2. The maximum absolute atomic E-state index is 13.3. The van der Waals surface area contributed by atoms with E-state index in [0.717, 1.165) is 4.57 Å². The zero-order valence-electron chi connectivity index (χ0n) is 16.2. The lowest BCUT2D eigenvalue weighted by molar-refractivity contribution is -0.119. The van der Waals surface area contributed by atoms with Gasteiger partial charge in [-0.25, -0.2) is 17.8 Å². The van der Waals surface area contributed by atoms with E-state index >= 15 is 0 Å². The molecule has 0 radical (unpaired) electrons. The van der Waals surface area contributed by atoms with E-state index in [2.05, 4.69) is 0 Å². The van der Waals surface area contributed by atoms with Crippen molar-refractivity contribution in [2.75, 3.05) is 16.4 Å². The Morgan fingerprint density at radius 1 is 1.23 bits per heavy atom. The Kier molecular flexibility index (Phi) is 5.07. The third kappa shape index (κ3) is 3.45. The van der Waals surface area contributed by atoms with E-state index in [-0.39, 0.29) is 23.5 Å². The number of hydrogen-bond donors (Lipinski definition) is 0. The summed E-state index contributed by atoms with van der Waals surface area (Å²) in [5, 5.41) is 9.41. The van der Waals surface area contributed by atoms with Crippen molar-refractivity contribution in [2.24, 2.45) is 0 Å². The first kappa shape index (κ1) is 20.1. The van der Waals surface area contributed by atoms with Gasteiger partial charge in [-0.2, -0.15) is 5.26 Å². The number of amides is 1. The lowest BCUT2D eigenvalue weighted by Gasteiger charge is -2.28. The summed E-state index contributed by atoms with van der Waals surface area (Å²) in [6.45, 7) is -0.168. The molecule has 3 heterocycles. The highest BCUT2D eigenvalue weighted by Crippen LogP contribution is 2.25. The molecule has 1 atom stereocenters. The number of carbonyl (C=O) groups is 1. The molecule has 1 saturated heterocycles. The van der Waals surface area contributed by atoms with Crippen molar-refractivity contribution in [3.05, 3.63) is 62.4 Å². The van der Waals surface area contributed by atoms with Gasteiger partial charge in [-0.1, -0.05) is 18.2 Å². The van der Waals surface area contributed by atoms with Crippen molar-refractivity contribution in [3.63, 3.8) is 0 Å². The standard InChI is InChI=1S/C20H20N4O5S/c21-11-16-17-7-4-9-22(17)20(27)23(19(16)26)12-18(25)24(14-5-2-1-3-6-14)15-8-10-30(28,29)13-15/h1-3,5-6,15H,4,7-10,12-13H2. The predicted molar refractivity (Wildman–Crippen MR) is 109 cm³/mol. The molecule has 0 saturated carbocycles. The fourth-order valence-corrected chi connectivity index (χ4v) is 5.93. The molecule has 1 aromatic carbocycles. The number of aromatic nitrogens is 2. The highest BCUT2D eigenvalue weighted by atomic mass is 32.2. The van der Waals surface area contributed by atoms with Crippen LogP contribution in [-0.2, 0) is 34.1 Å². The van der Waals surface area contributed by atoms with Crippen molar-refractivity contribution >= 4 is 21.4 Å². The van der Waals surface area contributed by atoms with E-state index in [1.165, 1.54) is 9.47 Å². The lowest BCUT2D eigenvalue weighted by atomic mass is 10.1. The Bertz CT molecular complexity index is 1270. The van der Waals surface area contributed by atoms with Crippen LogP contribution in [0.4, 0.5) is 5.69 Å². The summed E-state index contributed by atoms with van der Waals surface area (Å²) in [5.41, 5.74) is -0.602. The van der Waals surface area contributed by atoms with Gasteiger partial charge >= 0.3 is 5.69 Å². The third-order valence-corrected chi connectivity index (χ3v) is 7.36. The summed E-state index contributed by atoms with van der Waals surface area (Å²) in [6, 6.07) is 9.88. The van der Waals surface area contributed by atoms with Gasteiger partial charge in [0.25, 0.3) is 5.56 Å². The first-order valence-electron chi connectivity index (χ1n) is 9.66. The van der Waals surface area contributed by atoms with Crippen LogP contribution in [0.1, 0.15) is 24.1 Å². The molecule has 2 aliphatic rings. The quantitative estimate of drug-likeness (QED) is 0.678. The lowest BCUT2D eigenvalue weighted by Crippen LogP contribution is -2.48. The smallest absolute Gasteiger partial charge is 0.307 e. The Morgan fingerprint density at radius 2 is 1.97 bits per heavy atom. The molecule has 0 bridgehead atoms. The monoisotopic (exact) mass is 428 g/mol. The molecule has 4 rings (SSSR count). The van der Waals surface area contributed by atoms with Crippen molar-refractivity contribution in [3.8, 4) is 6.07 Å². The summed E-state index contributed by atoms with van der Waals surface area (Å²) in [5.74, 6) is -0.756. The minimum Gasteiger partial charge on any atom is -0.307 e. The van der Waals surface area contributed by atoms with Crippen LogP contribution in [0.15, 0.2) is 39.9 Å². The summed E-state index contributed by atoms with van der Waals surface area (Å²) in [4.78, 5) is 40.2. The number of para-hydroxylation sites is 1. The van der Waals surface area contributed by atoms with E-state index < -0.39 is 39.6 Å². The molecule has 9 nitrogen and oxygen atoms in total. The van der Waals surface area contributed by atoms with Crippen molar-refractivity contribution in [1.82, 2.24) is 9.13 Å². The topological polar surface area (TPSA) is 122 Å². The molecule has 10 heteroatoms. The highest BCUT2D eigenvalue weighted by molar-refractivity contribution is 7.91. The fraction of sp³-hybridized carbons (Fsp3) is 0.400. The number of nitriles is 1. The van der Waals surface area contributed by atoms with E-state index in [0.29, 0.717) is 30.8 Å². The van der Waals surface area contributed by atoms with E-state index in [4.69, 9.17) is 0 Å². The first-order valence-corrected chi connectivity index (χ1v) is 11.5. The zero-order chi connectivity index (χ0) is 21.5.